The number of fused-ring (bicyclic) bond motifs is 3. The molecule has 6 heteroatoms. The van der Waals surface area contributed by atoms with Gasteiger partial charge >= 0.3 is 0 Å². The first-order chi connectivity index (χ1) is 13.3. The molecule has 1 unspecified atom stereocenters. The number of para-hydroxylation sites is 2. The third-order valence-electron chi connectivity index (χ3n) is 5.78. The Morgan fingerprint density at radius 2 is 2.07 bits per heavy atom. The van der Waals surface area contributed by atoms with Gasteiger partial charge in [-0.1, -0.05) is 12.1 Å². The minimum atomic E-state index is -0.00821. The summed E-state index contributed by atoms with van der Waals surface area (Å²) in [5, 5.41) is 13.5. The van der Waals surface area contributed by atoms with Crippen molar-refractivity contribution in [3.8, 4) is 6.07 Å². The van der Waals surface area contributed by atoms with Crippen molar-refractivity contribution in [2.45, 2.75) is 25.9 Å². The third-order valence-corrected chi connectivity index (χ3v) is 5.78. The van der Waals surface area contributed by atoms with Crippen molar-refractivity contribution in [1.82, 2.24) is 14.7 Å². The number of rotatable bonds is 2. The topological polar surface area (TPSA) is 65.6 Å². The summed E-state index contributed by atoms with van der Waals surface area (Å²) in [7, 11) is 0. The van der Waals surface area contributed by atoms with Crippen LogP contribution in [0.25, 0.3) is 16.7 Å². The second-order valence-electron chi connectivity index (χ2n) is 7.35. The molecule has 3 aromatic rings. The highest BCUT2D eigenvalue weighted by Gasteiger charge is 2.30. The number of hydrogen-bond donors (Lipinski definition) is 1. The summed E-state index contributed by atoms with van der Waals surface area (Å²) >= 11 is 0. The van der Waals surface area contributed by atoms with Crippen LogP contribution in [-0.4, -0.2) is 42.2 Å². The first-order valence-electron chi connectivity index (χ1n) is 9.70. The first kappa shape index (κ1) is 16.5. The van der Waals surface area contributed by atoms with Crippen LogP contribution in [0.4, 0.5) is 5.82 Å². The van der Waals surface area contributed by atoms with E-state index in [9.17, 15) is 5.26 Å². The molecule has 2 aliphatic rings. The largest absolute Gasteiger partial charge is 0.373 e. The Bertz CT molecular complexity index is 1050. The maximum atomic E-state index is 10.0. The minimum Gasteiger partial charge on any atom is -0.373 e. The molecular weight excluding hydrogens is 338 g/mol. The summed E-state index contributed by atoms with van der Waals surface area (Å²) in [6.45, 7) is 6.72. The van der Waals surface area contributed by atoms with Gasteiger partial charge in [-0.25, -0.2) is 4.98 Å². The fourth-order valence-corrected chi connectivity index (χ4v) is 4.58. The molecular formula is C21H23N5O. The number of aromatic nitrogens is 2. The minimum absolute atomic E-state index is 0.00821. The standard InChI is InChI=1S/C21H23N5O/c1-14-19(18-7-4-12-27-18)15(13-22)20-24-16-5-2-3-6-17(16)26(20)21(14)25-10-8-23-9-11-25/h2-3,5-6,18,23H,4,7-12H2,1H3. The molecule has 1 aromatic carbocycles. The number of hydrogen-bond acceptors (Lipinski definition) is 5. The number of nitrogens with one attached hydrogen (secondary N) is 1. The Labute approximate surface area is 158 Å². The van der Waals surface area contributed by atoms with Crippen LogP contribution in [0.2, 0.25) is 0 Å². The van der Waals surface area contributed by atoms with E-state index in [4.69, 9.17) is 9.72 Å². The molecule has 6 nitrogen and oxygen atoms in total. The smallest absolute Gasteiger partial charge is 0.157 e. The van der Waals surface area contributed by atoms with Crippen molar-refractivity contribution in [2.75, 3.05) is 37.7 Å². The van der Waals surface area contributed by atoms with Gasteiger partial charge in [-0.15, -0.1) is 0 Å². The molecule has 0 bridgehead atoms. The molecule has 1 atom stereocenters. The molecule has 2 aliphatic heterocycles. The highest BCUT2D eigenvalue weighted by atomic mass is 16.5. The zero-order chi connectivity index (χ0) is 18.4. The van der Waals surface area contributed by atoms with Crippen LogP contribution in [0.5, 0.6) is 0 Å². The van der Waals surface area contributed by atoms with Crippen LogP contribution in [0, 0.1) is 18.3 Å². The van der Waals surface area contributed by atoms with Gasteiger partial charge in [-0.2, -0.15) is 5.26 Å². The highest BCUT2D eigenvalue weighted by molar-refractivity contribution is 5.86. The average molecular weight is 361 g/mol. The third kappa shape index (κ3) is 2.50. The van der Waals surface area contributed by atoms with Crippen LogP contribution in [0.3, 0.4) is 0 Å². The maximum absolute atomic E-state index is 10.0. The lowest BCUT2D eigenvalue weighted by atomic mass is 9.96. The molecule has 0 saturated carbocycles. The Hall–Kier alpha value is -2.62. The van der Waals surface area contributed by atoms with Gasteiger partial charge in [0.25, 0.3) is 0 Å². The Morgan fingerprint density at radius 1 is 1.26 bits per heavy atom. The number of nitrogens with zero attached hydrogens (tertiary/aromatic N) is 4. The molecule has 138 valence electrons. The molecule has 27 heavy (non-hydrogen) atoms. The van der Waals surface area contributed by atoms with Crippen LogP contribution in [0.1, 0.15) is 35.6 Å². The predicted molar refractivity (Wildman–Crippen MR) is 105 cm³/mol. The van der Waals surface area contributed by atoms with Gasteiger partial charge in [0.05, 0.1) is 17.1 Å². The highest BCUT2D eigenvalue weighted by Crippen LogP contribution is 2.40. The van der Waals surface area contributed by atoms with Crippen LogP contribution >= 0.6 is 0 Å². The summed E-state index contributed by atoms with van der Waals surface area (Å²) in [6.07, 6.45) is 2.00. The first-order valence-corrected chi connectivity index (χ1v) is 9.70. The molecule has 1 N–H and O–H groups in total. The van der Waals surface area contributed by atoms with Gasteiger partial charge in [0.1, 0.15) is 17.5 Å². The van der Waals surface area contributed by atoms with E-state index in [-0.39, 0.29) is 6.10 Å². The summed E-state index contributed by atoms with van der Waals surface area (Å²) in [5.41, 5.74) is 5.58. The van der Waals surface area contributed by atoms with E-state index >= 15 is 0 Å². The van der Waals surface area contributed by atoms with Gasteiger partial charge in [0.15, 0.2) is 5.65 Å². The SMILES string of the molecule is Cc1c(C2CCCO2)c(C#N)c2nc3ccccc3n2c1N1CCNCC1. The van der Waals surface area contributed by atoms with Gasteiger partial charge in [-0.3, -0.25) is 4.40 Å². The van der Waals surface area contributed by atoms with E-state index in [1.54, 1.807) is 0 Å². The van der Waals surface area contributed by atoms with Gasteiger partial charge in [0.2, 0.25) is 0 Å². The fraction of sp³-hybridized carbons (Fsp3) is 0.429. The van der Waals surface area contributed by atoms with Crippen molar-refractivity contribution in [1.29, 1.82) is 5.26 Å². The second kappa shape index (κ2) is 6.52. The number of imidazole rings is 1. The Balaban J connectivity index is 1.89. The Morgan fingerprint density at radius 3 is 2.81 bits per heavy atom. The number of ether oxygens (including phenoxy) is 1. The van der Waals surface area contributed by atoms with E-state index in [0.29, 0.717) is 5.56 Å². The van der Waals surface area contributed by atoms with Crippen molar-refractivity contribution < 1.29 is 4.74 Å². The maximum Gasteiger partial charge on any atom is 0.157 e. The lowest BCUT2D eigenvalue weighted by molar-refractivity contribution is 0.111. The van der Waals surface area contributed by atoms with Gasteiger partial charge < -0.3 is 15.0 Å². The molecule has 4 heterocycles. The van der Waals surface area contributed by atoms with Crippen LogP contribution < -0.4 is 10.2 Å². The fourth-order valence-electron chi connectivity index (χ4n) is 4.58. The lowest BCUT2D eigenvalue weighted by Crippen LogP contribution is -2.44. The summed E-state index contributed by atoms with van der Waals surface area (Å²) in [4.78, 5) is 7.28. The van der Waals surface area contributed by atoms with Crippen LogP contribution in [-0.2, 0) is 4.74 Å². The molecule has 5 rings (SSSR count). The molecule has 0 aliphatic carbocycles. The number of pyridine rings is 1. The molecule has 0 amide bonds. The van der Waals surface area contributed by atoms with Gasteiger partial charge in [0, 0.05) is 38.3 Å². The van der Waals surface area contributed by atoms with E-state index in [1.807, 2.05) is 18.2 Å². The number of nitriles is 1. The average Bonchev–Trinajstić information content (AvgIpc) is 3.36. The van der Waals surface area contributed by atoms with E-state index in [1.165, 1.54) is 0 Å². The van der Waals surface area contributed by atoms with E-state index < -0.39 is 0 Å². The molecule has 2 aromatic heterocycles. The van der Waals surface area contributed by atoms with E-state index in [0.717, 1.165) is 79.3 Å². The zero-order valence-electron chi connectivity index (χ0n) is 15.5. The second-order valence-corrected chi connectivity index (χ2v) is 7.35. The zero-order valence-corrected chi connectivity index (χ0v) is 15.5. The summed E-state index contributed by atoms with van der Waals surface area (Å²) in [6, 6.07) is 10.6. The molecule has 0 spiro atoms. The van der Waals surface area contributed by atoms with E-state index in [2.05, 4.69) is 33.7 Å². The van der Waals surface area contributed by atoms with Crippen molar-refractivity contribution in [3.63, 3.8) is 0 Å². The number of piperazine rings is 1. The summed E-state index contributed by atoms with van der Waals surface area (Å²) < 4.78 is 8.20. The van der Waals surface area contributed by atoms with Crippen molar-refractivity contribution in [2.24, 2.45) is 0 Å². The van der Waals surface area contributed by atoms with Crippen LogP contribution in [0.15, 0.2) is 24.3 Å². The summed E-state index contributed by atoms with van der Waals surface area (Å²) in [5.74, 6) is 1.16. The Kier molecular flexibility index (Phi) is 4.00. The quantitative estimate of drug-likeness (QED) is 0.760. The van der Waals surface area contributed by atoms with Gasteiger partial charge in [-0.05, 0) is 37.5 Å². The number of anilines is 1. The normalized spacial score (nSPS) is 20.4. The monoisotopic (exact) mass is 361 g/mol. The molecule has 0 radical (unpaired) electrons. The molecule has 2 saturated heterocycles. The predicted octanol–water partition coefficient (Wildman–Crippen LogP) is 2.93. The lowest BCUT2D eigenvalue weighted by Gasteiger charge is -2.33. The molecule has 2 fully saturated rings. The van der Waals surface area contributed by atoms with Crippen molar-refractivity contribution in [3.05, 3.63) is 41.0 Å². The number of benzene rings is 1. The van der Waals surface area contributed by atoms with Crippen molar-refractivity contribution >= 4 is 22.5 Å².